The van der Waals surface area contributed by atoms with Crippen molar-refractivity contribution in [1.82, 2.24) is 10.6 Å². The fourth-order valence-electron chi connectivity index (χ4n) is 3.16. The van der Waals surface area contributed by atoms with Gasteiger partial charge in [0.1, 0.15) is 18.7 Å². The second-order valence-corrected chi connectivity index (χ2v) is 8.13. The highest BCUT2D eigenvalue weighted by atomic mass is 16.5. The highest BCUT2D eigenvalue weighted by molar-refractivity contribution is 5.90. The van der Waals surface area contributed by atoms with Crippen LogP contribution in [0.15, 0.2) is 43.0 Å². The lowest BCUT2D eigenvalue weighted by Crippen LogP contribution is -2.53. The van der Waals surface area contributed by atoms with E-state index >= 15 is 0 Å². The Hall–Kier alpha value is -2.83. The van der Waals surface area contributed by atoms with Gasteiger partial charge in [-0.2, -0.15) is 0 Å². The summed E-state index contributed by atoms with van der Waals surface area (Å²) in [5.41, 5.74) is 6.33. The predicted molar refractivity (Wildman–Crippen MR) is 122 cm³/mol. The number of carbonyl (C=O) groups is 3. The summed E-state index contributed by atoms with van der Waals surface area (Å²) in [5, 5.41) is 5.32. The van der Waals surface area contributed by atoms with Crippen molar-refractivity contribution in [3.05, 3.63) is 48.6 Å². The van der Waals surface area contributed by atoms with Crippen molar-refractivity contribution in [2.45, 2.75) is 77.5 Å². The molecule has 7 heteroatoms. The van der Waals surface area contributed by atoms with Crippen molar-refractivity contribution in [1.29, 1.82) is 0 Å². The van der Waals surface area contributed by atoms with Crippen LogP contribution in [0.5, 0.6) is 0 Å². The minimum absolute atomic E-state index is 0.110. The summed E-state index contributed by atoms with van der Waals surface area (Å²) in [6.07, 6.45) is 6.90. The van der Waals surface area contributed by atoms with Crippen LogP contribution in [-0.4, -0.2) is 30.0 Å². The van der Waals surface area contributed by atoms with E-state index < -0.39 is 30.0 Å². The van der Waals surface area contributed by atoms with Gasteiger partial charge in [-0.1, -0.05) is 69.5 Å². The van der Waals surface area contributed by atoms with Gasteiger partial charge in [0.25, 0.3) is 0 Å². The SMILES string of the molecule is C=CCCCCCC[C@@H](NC(=O)[C@H](CC(C)C)NC(=O)OCc1ccccc1)C(N)=O. The molecule has 4 N–H and O–H groups in total. The average molecular weight is 432 g/mol. The van der Waals surface area contributed by atoms with Crippen molar-refractivity contribution in [2.24, 2.45) is 11.7 Å². The van der Waals surface area contributed by atoms with Gasteiger partial charge in [-0.05, 0) is 37.2 Å². The highest BCUT2D eigenvalue weighted by Crippen LogP contribution is 2.10. The van der Waals surface area contributed by atoms with Crippen LogP contribution in [0.4, 0.5) is 4.79 Å². The Morgan fingerprint density at radius 3 is 2.32 bits per heavy atom. The highest BCUT2D eigenvalue weighted by Gasteiger charge is 2.26. The third-order valence-electron chi connectivity index (χ3n) is 4.84. The molecule has 0 aromatic heterocycles. The largest absolute Gasteiger partial charge is 0.445 e. The molecule has 0 unspecified atom stereocenters. The fraction of sp³-hybridized carbons (Fsp3) is 0.542. The van der Waals surface area contributed by atoms with Crippen LogP contribution in [0.25, 0.3) is 0 Å². The standard InChI is InChI=1S/C24H37N3O4/c1-4-5-6-7-8-12-15-20(22(25)28)26-23(29)21(16-18(2)3)27-24(30)31-17-19-13-10-9-11-14-19/h4,9-11,13-14,18,20-21H,1,5-8,12,15-17H2,2-3H3,(H2,25,28)(H,26,29)(H,27,30)/t20-,21+/m1/s1. The van der Waals surface area contributed by atoms with Gasteiger partial charge in [0.15, 0.2) is 0 Å². The first kappa shape index (κ1) is 26.2. The van der Waals surface area contributed by atoms with Crippen LogP contribution in [-0.2, 0) is 20.9 Å². The zero-order valence-electron chi connectivity index (χ0n) is 18.8. The van der Waals surface area contributed by atoms with E-state index in [4.69, 9.17) is 10.5 Å². The van der Waals surface area contributed by atoms with Gasteiger partial charge in [-0.25, -0.2) is 4.79 Å². The lowest BCUT2D eigenvalue weighted by atomic mass is 10.0. The summed E-state index contributed by atoms with van der Waals surface area (Å²) in [5.74, 6) is -0.850. The summed E-state index contributed by atoms with van der Waals surface area (Å²) in [6.45, 7) is 7.71. The quantitative estimate of drug-likeness (QED) is 0.289. The Labute approximate surface area is 185 Å². The molecule has 0 aliphatic carbocycles. The molecule has 172 valence electrons. The number of nitrogens with two attached hydrogens (primary N) is 1. The number of unbranched alkanes of at least 4 members (excludes halogenated alkanes) is 4. The number of hydrogen-bond donors (Lipinski definition) is 3. The van der Waals surface area contributed by atoms with E-state index in [9.17, 15) is 14.4 Å². The van der Waals surface area contributed by atoms with Crippen LogP contribution >= 0.6 is 0 Å². The van der Waals surface area contributed by atoms with Crippen molar-refractivity contribution in [3.8, 4) is 0 Å². The maximum atomic E-state index is 12.8. The van der Waals surface area contributed by atoms with Crippen LogP contribution in [0.2, 0.25) is 0 Å². The fourth-order valence-corrected chi connectivity index (χ4v) is 3.16. The smallest absolute Gasteiger partial charge is 0.408 e. The number of carbonyl (C=O) groups excluding carboxylic acids is 3. The van der Waals surface area contributed by atoms with E-state index in [1.807, 2.05) is 50.3 Å². The Morgan fingerprint density at radius 2 is 1.71 bits per heavy atom. The molecule has 2 atom stereocenters. The molecule has 7 nitrogen and oxygen atoms in total. The second-order valence-electron chi connectivity index (χ2n) is 8.13. The van der Waals surface area contributed by atoms with Crippen molar-refractivity contribution >= 4 is 17.9 Å². The molecular formula is C24H37N3O4. The topological polar surface area (TPSA) is 111 Å². The van der Waals surface area contributed by atoms with E-state index in [1.165, 1.54) is 0 Å². The van der Waals surface area contributed by atoms with Gasteiger partial charge in [-0.15, -0.1) is 6.58 Å². The molecule has 0 aliphatic heterocycles. The first-order chi connectivity index (χ1) is 14.8. The van der Waals surface area contributed by atoms with E-state index in [-0.39, 0.29) is 12.5 Å². The predicted octanol–water partition coefficient (Wildman–Crippen LogP) is 3.82. The van der Waals surface area contributed by atoms with Gasteiger partial charge in [-0.3, -0.25) is 9.59 Å². The molecule has 0 aliphatic rings. The van der Waals surface area contributed by atoms with Gasteiger partial charge >= 0.3 is 6.09 Å². The first-order valence-electron chi connectivity index (χ1n) is 11.0. The van der Waals surface area contributed by atoms with Crippen molar-refractivity contribution in [2.75, 3.05) is 0 Å². The zero-order valence-corrected chi connectivity index (χ0v) is 18.8. The lowest BCUT2D eigenvalue weighted by Gasteiger charge is -2.23. The number of rotatable bonds is 15. The third-order valence-corrected chi connectivity index (χ3v) is 4.84. The maximum Gasteiger partial charge on any atom is 0.408 e. The number of ether oxygens (including phenoxy) is 1. The lowest BCUT2D eigenvalue weighted by molar-refractivity contribution is -0.129. The molecular weight excluding hydrogens is 394 g/mol. The summed E-state index contributed by atoms with van der Waals surface area (Å²) in [6, 6.07) is 7.72. The minimum Gasteiger partial charge on any atom is -0.445 e. The Bertz CT molecular complexity index is 691. The molecule has 0 bridgehead atoms. The first-order valence-corrected chi connectivity index (χ1v) is 11.0. The number of nitrogens with one attached hydrogen (secondary N) is 2. The molecule has 0 saturated heterocycles. The molecule has 0 heterocycles. The summed E-state index contributed by atoms with van der Waals surface area (Å²) < 4.78 is 5.23. The van der Waals surface area contributed by atoms with E-state index in [1.54, 1.807) is 0 Å². The number of amides is 3. The third kappa shape index (κ3) is 11.8. The van der Waals surface area contributed by atoms with Crippen LogP contribution < -0.4 is 16.4 Å². The number of benzene rings is 1. The molecule has 1 rings (SSSR count). The molecule has 3 amide bonds. The monoisotopic (exact) mass is 431 g/mol. The number of alkyl carbamates (subject to hydrolysis) is 1. The number of hydrogen-bond acceptors (Lipinski definition) is 4. The van der Waals surface area contributed by atoms with E-state index in [2.05, 4.69) is 17.2 Å². The summed E-state index contributed by atoms with van der Waals surface area (Å²) in [7, 11) is 0. The minimum atomic E-state index is -0.808. The summed E-state index contributed by atoms with van der Waals surface area (Å²) >= 11 is 0. The summed E-state index contributed by atoms with van der Waals surface area (Å²) in [4.78, 5) is 36.8. The molecule has 0 saturated carbocycles. The second kappa shape index (κ2) is 15.0. The van der Waals surface area contributed by atoms with E-state index in [0.29, 0.717) is 12.8 Å². The van der Waals surface area contributed by atoms with Crippen LogP contribution in [0.1, 0.15) is 64.4 Å². The van der Waals surface area contributed by atoms with Gasteiger partial charge < -0.3 is 21.1 Å². The average Bonchev–Trinajstić information content (AvgIpc) is 2.73. The van der Waals surface area contributed by atoms with Crippen molar-refractivity contribution < 1.29 is 19.1 Å². The van der Waals surface area contributed by atoms with Crippen LogP contribution in [0, 0.1) is 5.92 Å². The normalized spacial score (nSPS) is 12.6. The van der Waals surface area contributed by atoms with Gasteiger partial charge in [0.2, 0.25) is 11.8 Å². The zero-order chi connectivity index (χ0) is 23.1. The number of primary amides is 1. The van der Waals surface area contributed by atoms with Gasteiger partial charge in [0, 0.05) is 0 Å². The molecule has 1 aromatic carbocycles. The Balaban J connectivity index is 2.58. The maximum absolute atomic E-state index is 12.8. The number of allylic oxidation sites excluding steroid dienone is 1. The molecule has 31 heavy (non-hydrogen) atoms. The van der Waals surface area contributed by atoms with Crippen LogP contribution in [0.3, 0.4) is 0 Å². The molecule has 0 radical (unpaired) electrons. The van der Waals surface area contributed by atoms with E-state index in [0.717, 1.165) is 37.7 Å². The Kier molecular flexibility index (Phi) is 12.7. The molecule has 0 fully saturated rings. The molecule has 0 spiro atoms. The van der Waals surface area contributed by atoms with Crippen molar-refractivity contribution in [3.63, 3.8) is 0 Å². The van der Waals surface area contributed by atoms with Gasteiger partial charge in [0.05, 0.1) is 0 Å². The molecule has 1 aromatic rings. The Morgan fingerprint density at radius 1 is 1.03 bits per heavy atom.